The summed E-state index contributed by atoms with van der Waals surface area (Å²) in [7, 11) is -3.98. The van der Waals surface area contributed by atoms with Gasteiger partial charge in [0.05, 0.1) is 27.6 Å². The first kappa shape index (κ1) is 26.1. The molecule has 3 aromatic rings. The minimum Gasteiger partial charge on any atom is -0.352 e. The molecule has 8 heteroatoms. The van der Waals surface area contributed by atoms with Crippen molar-refractivity contribution in [3.05, 3.63) is 89.5 Å². The molecule has 5 rings (SSSR count). The molecule has 0 radical (unpaired) electrons. The number of nitrogens with one attached hydrogen (secondary N) is 1. The minimum absolute atomic E-state index is 0.0162. The summed E-state index contributed by atoms with van der Waals surface area (Å²) in [6.07, 6.45) is 3.33. The third kappa shape index (κ3) is 5.37. The first-order valence-corrected chi connectivity index (χ1v) is 14.7. The zero-order valence-electron chi connectivity index (χ0n) is 21.6. The zero-order chi connectivity index (χ0) is 26.7. The average molecular weight is 532 g/mol. The van der Waals surface area contributed by atoms with Crippen molar-refractivity contribution in [3.8, 4) is 0 Å². The van der Waals surface area contributed by atoms with Crippen LogP contribution in [0.3, 0.4) is 0 Å². The van der Waals surface area contributed by atoms with Crippen molar-refractivity contribution in [1.29, 1.82) is 0 Å². The van der Waals surface area contributed by atoms with Crippen molar-refractivity contribution < 1.29 is 18.0 Å². The maximum absolute atomic E-state index is 13.7. The number of anilines is 1. The van der Waals surface area contributed by atoms with E-state index >= 15 is 0 Å². The maximum atomic E-state index is 13.7. The molecule has 0 aromatic heterocycles. The lowest BCUT2D eigenvalue weighted by Crippen LogP contribution is -2.36. The smallest absolute Gasteiger partial charge is 0.259 e. The molecule has 1 N–H and O–H groups in total. The van der Waals surface area contributed by atoms with Gasteiger partial charge in [-0.15, -0.1) is 0 Å². The van der Waals surface area contributed by atoms with Crippen LogP contribution in [0.5, 0.6) is 0 Å². The largest absolute Gasteiger partial charge is 0.352 e. The first-order chi connectivity index (χ1) is 18.3. The van der Waals surface area contributed by atoms with E-state index in [1.165, 1.54) is 48.1 Å². The molecule has 2 aliphatic rings. The van der Waals surface area contributed by atoms with Crippen molar-refractivity contribution in [2.45, 2.75) is 42.5 Å². The van der Waals surface area contributed by atoms with Crippen molar-refractivity contribution in [3.63, 3.8) is 0 Å². The number of rotatable bonds is 7. The molecule has 7 nitrogen and oxygen atoms in total. The average Bonchev–Trinajstić information content (AvgIpc) is 2.99. The molecule has 0 unspecified atom stereocenters. The second-order valence-electron chi connectivity index (χ2n) is 10.2. The number of carbonyl (C=O) groups is 2. The Morgan fingerprint density at radius 2 is 1.76 bits per heavy atom. The Balaban J connectivity index is 1.41. The summed E-state index contributed by atoms with van der Waals surface area (Å²) in [6, 6.07) is 20.2. The molecule has 2 amide bonds. The van der Waals surface area contributed by atoms with Gasteiger partial charge in [-0.05, 0) is 74.2 Å². The first-order valence-electron chi connectivity index (χ1n) is 13.2. The summed E-state index contributed by atoms with van der Waals surface area (Å²) in [6.45, 7) is 6.11. The van der Waals surface area contributed by atoms with Crippen LogP contribution in [0.1, 0.15) is 52.5 Å². The predicted molar refractivity (Wildman–Crippen MR) is 147 cm³/mol. The normalized spacial score (nSPS) is 18.8. The van der Waals surface area contributed by atoms with E-state index in [4.69, 9.17) is 0 Å². The molecule has 38 heavy (non-hydrogen) atoms. The quantitative estimate of drug-likeness (QED) is 0.453. The van der Waals surface area contributed by atoms with Crippen molar-refractivity contribution in [2.24, 2.45) is 5.92 Å². The fraction of sp³-hybridized carbons (Fsp3) is 0.333. The molecule has 1 saturated heterocycles. The van der Waals surface area contributed by atoms with E-state index in [1.807, 2.05) is 30.3 Å². The summed E-state index contributed by atoms with van der Waals surface area (Å²) in [5.41, 5.74) is 1.51. The number of carbonyl (C=O) groups excluding carboxylic acids is 2. The number of amides is 2. The van der Waals surface area contributed by atoms with E-state index in [9.17, 15) is 18.0 Å². The summed E-state index contributed by atoms with van der Waals surface area (Å²) in [4.78, 5) is 30.7. The lowest BCUT2D eigenvalue weighted by molar-refractivity contribution is 0.0946. The van der Waals surface area contributed by atoms with Crippen molar-refractivity contribution in [1.82, 2.24) is 10.2 Å². The summed E-state index contributed by atoms with van der Waals surface area (Å²) >= 11 is 0. The van der Waals surface area contributed by atoms with E-state index in [0.717, 1.165) is 31.6 Å². The Morgan fingerprint density at radius 3 is 2.55 bits per heavy atom. The number of hydrogen-bond donors (Lipinski definition) is 1. The number of benzene rings is 3. The standard InChI is InChI=1S/C30H33N3O4S/c1-22-9-7-17-32(20-22)18-8-16-31-29(34)24-14-15-28-26(19-24)33(21-23-10-3-2-4-11-23)30(35)25-12-5-6-13-27(25)38(28,36)37/h2-6,10-15,19,22H,7-9,16-18,20-21H2,1H3,(H,31,34)/t22-/m0/s1. The van der Waals surface area contributed by atoms with Crippen LogP contribution in [0, 0.1) is 5.92 Å². The minimum atomic E-state index is -3.98. The summed E-state index contributed by atoms with van der Waals surface area (Å²) in [5, 5.41) is 2.97. The van der Waals surface area contributed by atoms with Gasteiger partial charge in [0, 0.05) is 18.7 Å². The van der Waals surface area contributed by atoms with Crippen molar-refractivity contribution >= 4 is 27.3 Å². The van der Waals surface area contributed by atoms with Crippen LogP contribution in [0.15, 0.2) is 82.6 Å². The number of sulfone groups is 1. The van der Waals surface area contributed by atoms with Crippen LogP contribution in [-0.2, 0) is 16.4 Å². The Kier molecular flexibility index (Phi) is 7.63. The van der Waals surface area contributed by atoms with Gasteiger partial charge in [-0.3, -0.25) is 9.59 Å². The van der Waals surface area contributed by atoms with Crippen LogP contribution >= 0.6 is 0 Å². The molecule has 198 valence electrons. The molecule has 0 saturated carbocycles. The number of piperidine rings is 1. The van der Waals surface area contributed by atoms with Gasteiger partial charge in [-0.2, -0.15) is 0 Å². The highest BCUT2D eigenvalue weighted by Gasteiger charge is 2.36. The molecule has 2 heterocycles. The highest BCUT2D eigenvalue weighted by molar-refractivity contribution is 7.91. The Labute approximate surface area is 224 Å². The highest BCUT2D eigenvalue weighted by Crippen LogP contribution is 2.38. The second-order valence-corrected chi connectivity index (χ2v) is 12.1. The second kappa shape index (κ2) is 11.1. The SMILES string of the molecule is C[C@H]1CCCN(CCCNC(=O)c2ccc3c(c2)N(Cc2ccccc2)C(=O)c2ccccc2S3(=O)=O)C1. The zero-order valence-corrected chi connectivity index (χ0v) is 22.4. The van der Waals surface area contributed by atoms with E-state index < -0.39 is 15.7 Å². The van der Waals surface area contributed by atoms with Crippen LogP contribution < -0.4 is 10.2 Å². The highest BCUT2D eigenvalue weighted by atomic mass is 32.2. The van der Waals surface area contributed by atoms with E-state index in [1.54, 1.807) is 12.1 Å². The fourth-order valence-electron chi connectivity index (χ4n) is 5.37. The molecule has 0 spiro atoms. The van der Waals surface area contributed by atoms with Gasteiger partial charge in [0.1, 0.15) is 0 Å². The van der Waals surface area contributed by atoms with Gasteiger partial charge >= 0.3 is 0 Å². The number of fused-ring (bicyclic) bond motifs is 2. The third-order valence-electron chi connectivity index (χ3n) is 7.31. The molecule has 3 aromatic carbocycles. The van der Waals surface area contributed by atoms with Gasteiger partial charge in [-0.25, -0.2) is 8.42 Å². The van der Waals surface area contributed by atoms with Crippen molar-refractivity contribution in [2.75, 3.05) is 31.1 Å². The van der Waals surface area contributed by atoms with Gasteiger partial charge < -0.3 is 15.1 Å². The molecule has 0 bridgehead atoms. The third-order valence-corrected chi connectivity index (χ3v) is 9.17. The van der Waals surface area contributed by atoms with Crippen LogP contribution in [0.4, 0.5) is 5.69 Å². The monoisotopic (exact) mass is 531 g/mol. The Hall–Kier alpha value is -3.49. The molecule has 2 aliphatic heterocycles. The van der Waals surface area contributed by atoms with Gasteiger partial charge in [0.15, 0.2) is 0 Å². The topological polar surface area (TPSA) is 86.8 Å². The van der Waals surface area contributed by atoms with Crippen LogP contribution in [0.2, 0.25) is 0 Å². The lowest BCUT2D eigenvalue weighted by atomic mass is 10.0. The molecular formula is C30H33N3O4S. The molecule has 0 aliphatic carbocycles. The van der Waals surface area contributed by atoms with E-state index in [2.05, 4.69) is 17.1 Å². The summed E-state index contributed by atoms with van der Waals surface area (Å²) in [5.74, 6) is 0.00746. The number of nitrogens with zero attached hydrogens (tertiary/aromatic N) is 2. The predicted octanol–water partition coefficient (Wildman–Crippen LogP) is 4.53. The van der Waals surface area contributed by atoms with Gasteiger partial charge in [0.25, 0.3) is 11.8 Å². The van der Waals surface area contributed by atoms with Crippen LogP contribution in [-0.4, -0.2) is 51.3 Å². The summed E-state index contributed by atoms with van der Waals surface area (Å²) < 4.78 is 27.3. The fourth-order valence-corrected chi connectivity index (χ4v) is 7.00. The number of likely N-dealkylation sites (tertiary alicyclic amines) is 1. The molecule has 1 atom stereocenters. The molecule has 1 fully saturated rings. The van der Waals surface area contributed by atoms with Gasteiger partial charge in [0.2, 0.25) is 9.84 Å². The molecular weight excluding hydrogens is 498 g/mol. The lowest BCUT2D eigenvalue weighted by Gasteiger charge is -2.30. The number of hydrogen-bond acceptors (Lipinski definition) is 5. The Morgan fingerprint density at radius 1 is 1.00 bits per heavy atom. The van der Waals surface area contributed by atoms with E-state index in [-0.39, 0.29) is 33.5 Å². The van der Waals surface area contributed by atoms with Crippen LogP contribution in [0.25, 0.3) is 0 Å². The maximum Gasteiger partial charge on any atom is 0.259 e. The van der Waals surface area contributed by atoms with E-state index in [0.29, 0.717) is 18.0 Å². The Bertz CT molecular complexity index is 1440. The van der Waals surface area contributed by atoms with Gasteiger partial charge in [-0.1, -0.05) is 49.4 Å².